The molecule has 0 saturated carbocycles. The SMILES string of the molecule is CCCCOc1ccc(C)c(OCCCC)c1/C=C/C(=O)c1ccc(O)cc1. The van der Waals surface area contributed by atoms with Crippen molar-refractivity contribution in [1.29, 1.82) is 0 Å². The minimum Gasteiger partial charge on any atom is -0.508 e. The summed E-state index contributed by atoms with van der Waals surface area (Å²) < 4.78 is 12.0. The summed E-state index contributed by atoms with van der Waals surface area (Å²) in [6.07, 6.45) is 7.34. The highest BCUT2D eigenvalue weighted by Crippen LogP contribution is 2.34. The Kier molecular flexibility index (Phi) is 8.60. The number of carbonyl (C=O) groups excluding carboxylic acids is 1. The van der Waals surface area contributed by atoms with Crippen LogP contribution in [0.25, 0.3) is 6.08 Å². The van der Waals surface area contributed by atoms with Crippen LogP contribution in [0.1, 0.15) is 61.0 Å². The van der Waals surface area contributed by atoms with Crippen molar-refractivity contribution < 1.29 is 19.4 Å². The first-order valence-corrected chi connectivity index (χ1v) is 9.97. The van der Waals surface area contributed by atoms with Crippen LogP contribution < -0.4 is 9.47 Å². The van der Waals surface area contributed by atoms with Gasteiger partial charge < -0.3 is 14.6 Å². The lowest BCUT2D eigenvalue weighted by atomic mass is 10.1. The molecule has 0 aliphatic heterocycles. The Bertz CT molecular complexity index is 791. The average molecular weight is 383 g/mol. The van der Waals surface area contributed by atoms with Gasteiger partial charge in [-0.25, -0.2) is 0 Å². The molecule has 0 atom stereocenters. The summed E-state index contributed by atoms with van der Waals surface area (Å²) in [5.74, 6) is 1.48. The molecule has 0 spiro atoms. The molecule has 0 bridgehead atoms. The van der Waals surface area contributed by atoms with E-state index in [1.54, 1.807) is 18.2 Å². The number of aryl methyl sites for hydroxylation is 1. The first-order chi connectivity index (χ1) is 13.6. The van der Waals surface area contributed by atoms with Crippen LogP contribution in [0.2, 0.25) is 0 Å². The standard InChI is InChI=1S/C24H30O4/c1-4-6-16-27-23-15-8-18(3)24(28-17-7-5-2)21(23)13-14-22(26)19-9-11-20(25)12-10-19/h8-15,25H,4-7,16-17H2,1-3H3/b14-13+. The van der Waals surface area contributed by atoms with E-state index >= 15 is 0 Å². The van der Waals surface area contributed by atoms with Gasteiger partial charge in [0, 0.05) is 5.56 Å². The molecule has 0 aromatic heterocycles. The number of phenols is 1. The van der Waals surface area contributed by atoms with Crippen molar-refractivity contribution in [3.05, 3.63) is 59.2 Å². The number of hydrogen-bond donors (Lipinski definition) is 1. The van der Waals surface area contributed by atoms with Crippen LogP contribution in [0.4, 0.5) is 0 Å². The highest BCUT2D eigenvalue weighted by molar-refractivity contribution is 6.07. The molecule has 1 N–H and O–H groups in total. The van der Waals surface area contributed by atoms with Gasteiger partial charge in [0.05, 0.1) is 18.8 Å². The van der Waals surface area contributed by atoms with Gasteiger partial charge in [0.15, 0.2) is 5.78 Å². The molecule has 0 amide bonds. The van der Waals surface area contributed by atoms with Crippen LogP contribution in [0.5, 0.6) is 17.2 Å². The van der Waals surface area contributed by atoms with Gasteiger partial charge in [0.2, 0.25) is 0 Å². The maximum absolute atomic E-state index is 12.5. The van der Waals surface area contributed by atoms with E-state index in [0.717, 1.165) is 48.3 Å². The predicted octanol–water partition coefficient (Wildman–Crippen LogP) is 5.95. The van der Waals surface area contributed by atoms with E-state index in [1.165, 1.54) is 18.2 Å². The fraction of sp³-hybridized carbons (Fsp3) is 0.375. The summed E-state index contributed by atoms with van der Waals surface area (Å²) in [5, 5.41) is 9.39. The van der Waals surface area contributed by atoms with Gasteiger partial charge in [-0.3, -0.25) is 4.79 Å². The number of ether oxygens (including phenoxy) is 2. The topological polar surface area (TPSA) is 55.8 Å². The van der Waals surface area contributed by atoms with E-state index in [1.807, 2.05) is 19.1 Å². The summed E-state index contributed by atoms with van der Waals surface area (Å²) in [6, 6.07) is 10.1. The van der Waals surface area contributed by atoms with Crippen LogP contribution in [0.3, 0.4) is 0 Å². The maximum Gasteiger partial charge on any atom is 0.185 e. The van der Waals surface area contributed by atoms with E-state index in [2.05, 4.69) is 13.8 Å². The summed E-state index contributed by atoms with van der Waals surface area (Å²) in [5.41, 5.74) is 2.32. The molecular formula is C24H30O4. The summed E-state index contributed by atoms with van der Waals surface area (Å²) in [7, 11) is 0. The van der Waals surface area contributed by atoms with Crippen molar-refractivity contribution >= 4 is 11.9 Å². The van der Waals surface area contributed by atoms with Crippen LogP contribution in [-0.2, 0) is 0 Å². The number of allylic oxidation sites excluding steroid dienone is 1. The Morgan fingerprint density at radius 2 is 1.61 bits per heavy atom. The predicted molar refractivity (Wildman–Crippen MR) is 113 cm³/mol. The van der Waals surface area contributed by atoms with Gasteiger partial charge in [0.25, 0.3) is 0 Å². The van der Waals surface area contributed by atoms with Gasteiger partial charge in [-0.15, -0.1) is 0 Å². The molecule has 0 fully saturated rings. The Morgan fingerprint density at radius 1 is 0.964 bits per heavy atom. The van der Waals surface area contributed by atoms with E-state index in [4.69, 9.17) is 9.47 Å². The Balaban J connectivity index is 2.31. The number of benzene rings is 2. The van der Waals surface area contributed by atoms with Crippen molar-refractivity contribution in [2.45, 2.75) is 46.5 Å². The molecule has 0 heterocycles. The largest absolute Gasteiger partial charge is 0.508 e. The zero-order valence-corrected chi connectivity index (χ0v) is 17.0. The lowest BCUT2D eigenvalue weighted by molar-refractivity contribution is 0.104. The van der Waals surface area contributed by atoms with Crippen LogP contribution in [0, 0.1) is 6.92 Å². The first-order valence-electron chi connectivity index (χ1n) is 9.97. The Hall–Kier alpha value is -2.75. The second-order valence-corrected chi connectivity index (χ2v) is 6.77. The molecular weight excluding hydrogens is 352 g/mol. The molecule has 2 aromatic carbocycles. The highest BCUT2D eigenvalue weighted by Gasteiger charge is 2.13. The van der Waals surface area contributed by atoms with E-state index < -0.39 is 0 Å². The van der Waals surface area contributed by atoms with Gasteiger partial charge in [-0.1, -0.05) is 32.8 Å². The normalized spacial score (nSPS) is 11.0. The van der Waals surface area contributed by atoms with Crippen molar-refractivity contribution in [3.8, 4) is 17.2 Å². The van der Waals surface area contributed by atoms with Crippen LogP contribution in [-0.4, -0.2) is 24.1 Å². The second kappa shape index (κ2) is 11.2. The summed E-state index contributed by atoms with van der Waals surface area (Å²) in [4.78, 5) is 12.5. The summed E-state index contributed by atoms with van der Waals surface area (Å²) >= 11 is 0. The van der Waals surface area contributed by atoms with Crippen molar-refractivity contribution in [2.24, 2.45) is 0 Å². The second-order valence-electron chi connectivity index (χ2n) is 6.77. The number of unbranched alkanes of at least 4 members (excludes halogenated alkanes) is 2. The smallest absolute Gasteiger partial charge is 0.185 e. The number of rotatable bonds is 11. The van der Waals surface area contributed by atoms with E-state index in [-0.39, 0.29) is 11.5 Å². The molecule has 4 heteroatoms. The molecule has 0 saturated heterocycles. The molecule has 150 valence electrons. The quantitative estimate of drug-likeness (QED) is 0.296. The molecule has 0 radical (unpaired) electrons. The molecule has 0 unspecified atom stereocenters. The number of ketones is 1. The van der Waals surface area contributed by atoms with E-state index in [9.17, 15) is 9.90 Å². The van der Waals surface area contributed by atoms with Crippen molar-refractivity contribution in [3.63, 3.8) is 0 Å². The van der Waals surface area contributed by atoms with Gasteiger partial charge in [-0.2, -0.15) is 0 Å². The lowest BCUT2D eigenvalue weighted by Crippen LogP contribution is -2.04. The van der Waals surface area contributed by atoms with Crippen molar-refractivity contribution in [2.75, 3.05) is 13.2 Å². The third kappa shape index (κ3) is 6.15. The summed E-state index contributed by atoms with van der Waals surface area (Å²) in [6.45, 7) is 7.49. The zero-order chi connectivity index (χ0) is 20.4. The van der Waals surface area contributed by atoms with Crippen LogP contribution in [0.15, 0.2) is 42.5 Å². The number of phenolic OH excluding ortho intramolecular Hbond substituents is 1. The molecule has 2 aromatic rings. The van der Waals surface area contributed by atoms with E-state index in [0.29, 0.717) is 18.8 Å². The molecule has 2 rings (SSSR count). The third-order valence-electron chi connectivity index (χ3n) is 4.41. The number of hydrogen-bond acceptors (Lipinski definition) is 4. The minimum absolute atomic E-state index is 0.137. The molecule has 28 heavy (non-hydrogen) atoms. The van der Waals surface area contributed by atoms with Crippen molar-refractivity contribution in [1.82, 2.24) is 0 Å². The lowest BCUT2D eigenvalue weighted by Gasteiger charge is -2.16. The van der Waals surface area contributed by atoms with Gasteiger partial charge >= 0.3 is 0 Å². The first kappa shape index (κ1) is 21.5. The fourth-order valence-corrected chi connectivity index (χ4v) is 2.69. The maximum atomic E-state index is 12.5. The zero-order valence-electron chi connectivity index (χ0n) is 17.0. The molecule has 0 aliphatic carbocycles. The minimum atomic E-state index is -0.138. The van der Waals surface area contributed by atoms with Crippen LogP contribution >= 0.6 is 0 Å². The van der Waals surface area contributed by atoms with Gasteiger partial charge in [0.1, 0.15) is 17.2 Å². The third-order valence-corrected chi connectivity index (χ3v) is 4.41. The number of carbonyl (C=O) groups is 1. The Labute approximate surface area is 167 Å². The average Bonchev–Trinajstić information content (AvgIpc) is 2.69. The highest BCUT2D eigenvalue weighted by atomic mass is 16.5. The number of aromatic hydroxyl groups is 1. The monoisotopic (exact) mass is 382 g/mol. The van der Waals surface area contributed by atoms with Gasteiger partial charge in [-0.05, 0) is 67.8 Å². The molecule has 0 aliphatic rings. The fourth-order valence-electron chi connectivity index (χ4n) is 2.69. The molecule has 4 nitrogen and oxygen atoms in total. The Morgan fingerprint density at radius 3 is 2.25 bits per heavy atom.